The number of allylic oxidation sites excluding steroid dienone is 1. The molecule has 1 N–H and O–H groups in total. The number of aromatic nitrogens is 1. The Morgan fingerprint density at radius 2 is 2.56 bits per heavy atom. The summed E-state index contributed by atoms with van der Waals surface area (Å²) in [4.78, 5) is 2.97. The van der Waals surface area contributed by atoms with E-state index in [1.54, 1.807) is 0 Å². The Morgan fingerprint density at radius 3 is 3.11 bits per heavy atom. The average Bonchev–Trinajstić information content (AvgIpc) is 2.34. The lowest BCUT2D eigenvalue weighted by Gasteiger charge is -1.78. The molecule has 1 aromatic rings. The molecule has 0 amide bonds. The summed E-state index contributed by atoms with van der Waals surface area (Å²) in [5.41, 5.74) is 1.21. The van der Waals surface area contributed by atoms with Crippen LogP contribution in [0.4, 0.5) is 0 Å². The van der Waals surface area contributed by atoms with Crippen LogP contribution in [0.5, 0.6) is 0 Å². The summed E-state index contributed by atoms with van der Waals surface area (Å²) in [7, 11) is 0. The molecule has 1 aromatic heterocycles. The van der Waals surface area contributed by atoms with E-state index in [0.29, 0.717) is 0 Å². The summed E-state index contributed by atoms with van der Waals surface area (Å²) in [5, 5.41) is 0. The molecule has 9 heavy (non-hydrogen) atoms. The molecular formula is C8H10N. The fourth-order valence-corrected chi connectivity index (χ4v) is 0.660. The molecule has 0 aliphatic rings. The molecular weight excluding hydrogens is 110 g/mol. The first-order chi connectivity index (χ1) is 4.43. The van der Waals surface area contributed by atoms with Crippen LogP contribution in [0.2, 0.25) is 0 Å². The number of hydrogen-bond donors (Lipinski definition) is 1. The molecule has 0 fully saturated rings. The molecule has 1 heteroatoms. The average molecular weight is 120 g/mol. The van der Waals surface area contributed by atoms with Gasteiger partial charge in [0, 0.05) is 12.4 Å². The highest BCUT2D eigenvalue weighted by Gasteiger charge is 1.80. The van der Waals surface area contributed by atoms with Crippen molar-refractivity contribution >= 4 is 6.08 Å². The zero-order chi connectivity index (χ0) is 6.53. The Morgan fingerprint density at radius 1 is 1.67 bits per heavy atom. The Labute approximate surface area is 55.4 Å². The van der Waals surface area contributed by atoms with Crippen LogP contribution in [0.1, 0.15) is 12.0 Å². The van der Waals surface area contributed by atoms with Crippen LogP contribution in [0, 0.1) is 6.92 Å². The second-order valence-corrected chi connectivity index (χ2v) is 1.84. The molecule has 0 aliphatic carbocycles. The van der Waals surface area contributed by atoms with Crippen molar-refractivity contribution in [1.82, 2.24) is 4.98 Å². The van der Waals surface area contributed by atoms with E-state index in [9.17, 15) is 0 Å². The maximum atomic E-state index is 3.69. The van der Waals surface area contributed by atoms with Gasteiger partial charge in [-0.05, 0) is 25.0 Å². The molecule has 1 rings (SSSR count). The third kappa shape index (κ3) is 1.76. The quantitative estimate of drug-likeness (QED) is 0.616. The highest BCUT2D eigenvalue weighted by atomic mass is 14.6. The third-order valence-corrected chi connectivity index (χ3v) is 1.10. The number of H-pyrrole nitrogens is 1. The maximum absolute atomic E-state index is 3.69. The number of nitrogens with one attached hydrogen (secondary N) is 1. The molecule has 1 nitrogen and oxygen atoms in total. The van der Waals surface area contributed by atoms with Crippen LogP contribution >= 0.6 is 0 Å². The minimum absolute atomic E-state index is 0.852. The van der Waals surface area contributed by atoms with Gasteiger partial charge in [0.05, 0.1) is 0 Å². The molecule has 0 bridgehead atoms. The normalized spacial score (nSPS) is 10.8. The Bertz CT molecular complexity index is 172. The van der Waals surface area contributed by atoms with E-state index in [0.717, 1.165) is 6.42 Å². The first-order valence-electron chi connectivity index (χ1n) is 3.02. The van der Waals surface area contributed by atoms with Gasteiger partial charge in [0.1, 0.15) is 0 Å². The van der Waals surface area contributed by atoms with Crippen molar-refractivity contribution in [2.24, 2.45) is 0 Å². The summed E-state index contributed by atoms with van der Waals surface area (Å²) in [5.74, 6) is 0. The van der Waals surface area contributed by atoms with Crippen LogP contribution in [0.15, 0.2) is 24.5 Å². The monoisotopic (exact) mass is 120 g/mol. The molecule has 0 aromatic carbocycles. The molecule has 0 aliphatic heterocycles. The summed E-state index contributed by atoms with van der Waals surface area (Å²) in [6, 6.07) is 2.02. The van der Waals surface area contributed by atoms with Gasteiger partial charge in [-0.3, -0.25) is 0 Å². The molecule has 0 unspecified atom stereocenters. The topological polar surface area (TPSA) is 15.8 Å². The highest BCUT2D eigenvalue weighted by molar-refractivity contribution is 5.47. The van der Waals surface area contributed by atoms with Gasteiger partial charge >= 0.3 is 0 Å². The summed E-state index contributed by atoms with van der Waals surface area (Å²) in [6.45, 7) is 3.69. The van der Waals surface area contributed by atoms with Gasteiger partial charge in [0.2, 0.25) is 0 Å². The predicted octanol–water partition coefficient (Wildman–Crippen LogP) is 2.25. The Hall–Kier alpha value is -0.980. The summed E-state index contributed by atoms with van der Waals surface area (Å²) in [6.07, 6.45) is 8.78. The molecule has 0 spiro atoms. The highest BCUT2D eigenvalue weighted by Crippen LogP contribution is 1.99. The molecule has 47 valence electrons. The molecule has 0 saturated heterocycles. The van der Waals surface area contributed by atoms with E-state index in [-0.39, 0.29) is 0 Å². The Kier molecular flexibility index (Phi) is 2.13. The van der Waals surface area contributed by atoms with Crippen molar-refractivity contribution in [2.45, 2.75) is 6.42 Å². The van der Waals surface area contributed by atoms with Crippen LogP contribution in [-0.4, -0.2) is 4.98 Å². The number of rotatable bonds is 2. The second kappa shape index (κ2) is 3.13. The van der Waals surface area contributed by atoms with Gasteiger partial charge in [-0.1, -0.05) is 12.2 Å². The fourth-order valence-electron chi connectivity index (χ4n) is 0.660. The van der Waals surface area contributed by atoms with Gasteiger partial charge < -0.3 is 4.98 Å². The van der Waals surface area contributed by atoms with E-state index in [2.05, 4.69) is 11.9 Å². The van der Waals surface area contributed by atoms with Crippen molar-refractivity contribution in [3.8, 4) is 0 Å². The first-order valence-corrected chi connectivity index (χ1v) is 3.02. The van der Waals surface area contributed by atoms with E-state index >= 15 is 0 Å². The lowest BCUT2D eigenvalue weighted by atomic mass is 10.3. The van der Waals surface area contributed by atoms with Crippen molar-refractivity contribution in [1.29, 1.82) is 0 Å². The first kappa shape index (κ1) is 6.14. The second-order valence-electron chi connectivity index (χ2n) is 1.84. The zero-order valence-electron chi connectivity index (χ0n) is 5.30. The van der Waals surface area contributed by atoms with Crippen LogP contribution in [0.25, 0.3) is 6.08 Å². The van der Waals surface area contributed by atoms with E-state index in [1.807, 2.05) is 30.6 Å². The number of hydrogen-bond acceptors (Lipinski definition) is 0. The van der Waals surface area contributed by atoms with Gasteiger partial charge in [-0.25, -0.2) is 0 Å². The molecule has 0 atom stereocenters. The van der Waals surface area contributed by atoms with Crippen molar-refractivity contribution in [3.05, 3.63) is 37.0 Å². The lowest BCUT2D eigenvalue weighted by Crippen LogP contribution is -1.58. The molecule has 1 radical (unpaired) electrons. The SMILES string of the molecule is [CH2]CC=Cc1cc[nH]c1. The van der Waals surface area contributed by atoms with E-state index in [4.69, 9.17) is 0 Å². The number of aromatic amines is 1. The fraction of sp³-hybridized carbons (Fsp3) is 0.125. The van der Waals surface area contributed by atoms with Crippen LogP contribution in [-0.2, 0) is 0 Å². The van der Waals surface area contributed by atoms with Gasteiger partial charge in [0.25, 0.3) is 0 Å². The van der Waals surface area contributed by atoms with Crippen molar-refractivity contribution in [3.63, 3.8) is 0 Å². The van der Waals surface area contributed by atoms with Gasteiger partial charge in [-0.15, -0.1) is 0 Å². The van der Waals surface area contributed by atoms with Gasteiger partial charge in [0.15, 0.2) is 0 Å². The van der Waals surface area contributed by atoms with E-state index in [1.165, 1.54) is 5.56 Å². The zero-order valence-corrected chi connectivity index (χ0v) is 5.30. The minimum atomic E-state index is 0.852. The molecule has 0 saturated carbocycles. The van der Waals surface area contributed by atoms with Gasteiger partial charge in [-0.2, -0.15) is 0 Å². The van der Waals surface area contributed by atoms with Crippen molar-refractivity contribution < 1.29 is 0 Å². The summed E-state index contributed by atoms with van der Waals surface area (Å²) >= 11 is 0. The van der Waals surface area contributed by atoms with Crippen LogP contribution < -0.4 is 0 Å². The standard InChI is InChI=1S/C8H10N/c1-2-3-4-8-5-6-9-7-8/h3-7,9H,1-2H2. The Balaban J connectivity index is 2.57. The predicted molar refractivity (Wildman–Crippen MR) is 39.8 cm³/mol. The lowest BCUT2D eigenvalue weighted by molar-refractivity contribution is 1.40. The van der Waals surface area contributed by atoms with E-state index < -0.39 is 0 Å². The minimum Gasteiger partial charge on any atom is -0.367 e. The van der Waals surface area contributed by atoms with Crippen molar-refractivity contribution in [2.75, 3.05) is 0 Å². The summed E-state index contributed by atoms with van der Waals surface area (Å²) < 4.78 is 0. The molecule has 1 heterocycles. The maximum Gasteiger partial charge on any atom is 0.00779 e. The smallest absolute Gasteiger partial charge is 0.00779 e. The third-order valence-electron chi connectivity index (χ3n) is 1.10. The van der Waals surface area contributed by atoms with Crippen LogP contribution in [0.3, 0.4) is 0 Å². The largest absolute Gasteiger partial charge is 0.367 e.